The number of thiophene rings is 1. The molecule has 0 unspecified atom stereocenters. The van der Waals surface area contributed by atoms with Gasteiger partial charge in [0.2, 0.25) is 0 Å². The van der Waals surface area contributed by atoms with E-state index in [0.29, 0.717) is 30.2 Å². The third-order valence-corrected chi connectivity index (χ3v) is 7.23. The zero-order chi connectivity index (χ0) is 22.7. The van der Waals surface area contributed by atoms with Gasteiger partial charge in [0.05, 0.1) is 17.1 Å². The highest BCUT2D eigenvalue weighted by atomic mass is 32.1. The van der Waals surface area contributed by atoms with Gasteiger partial charge in [-0.2, -0.15) is 0 Å². The van der Waals surface area contributed by atoms with Gasteiger partial charge >= 0.3 is 0 Å². The zero-order valence-electron chi connectivity index (χ0n) is 18.2. The Morgan fingerprint density at radius 2 is 1.82 bits per heavy atom. The van der Waals surface area contributed by atoms with E-state index < -0.39 is 0 Å². The van der Waals surface area contributed by atoms with E-state index in [-0.39, 0.29) is 11.3 Å². The van der Waals surface area contributed by atoms with Crippen LogP contribution in [0.15, 0.2) is 84.4 Å². The van der Waals surface area contributed by atoms with E-state index in [4.69, 9.17) is 10.5 Å². The largest absolute Gasteiger partial charge is 0.397 e. The van der Waals surface area contributed by atoms with Gasteiger partial charge in [0, 0.05) is 35.3 Å². The highest BCUT2D eigenvalue weighted by Crippen LogP contribution is 2.40. The van der Waals surface area contributed by atoms with Crippen LogP contribution in [0, 0.1) is 0 Å². The van der Waals surface area contributed by atoms with Gasteiger partial charge in [0.15, 0.2) is 0 Å². The van der Waals surface area contributed by atoms with E-state index in [2.05, 4.69) is 16.4 Å². The van der Waals surface area contributed by atoms with Crippen molar-refractivity contribution < 1.29 is 9.53 Å². The first-order valence-electron chi connectivity index (χ1n) is 11.0. The molecule has 1 saturated heterocycles. The van der Waals surface area contributed by atoms with E-state index in [9.17, 15) is 4.79 Å². The summed E-state index contributed by atoms with van der Waals surface area (Å²) in [6.07, 6.45) is 3.56. The van der Waals surface area contributed by atoms with Crippen molar-refractivity contribution in [3.63, 3.8) is 0 Å². The van der Waals surface area contributed by atoms with Crippen molar-refractivity contribution in [2.24, 2.45) is 0 Å². The van der Waals surface area contributed by atoms with E-state index >= 15 is 0 Å². The molecule has 0 radical (unpaired) electrons. The summed E-state index contributed by atoms with van der Waals surface area (Å²) in [7, 11) is 0. The number of nitrogens with one attached hydrogen (secondary N) is 1. The van der Waals surface area contributed by atoms with Crippen molar-refractivity contribution in [2.45, 2.75) is 18.3 Å². The smallest absolute Gasteiger partial charge is 0.255 e. The molecule has 0 atom stereocenters. The Balaban J connectivity index is 1.39. The molecule has 1 amide bonds. The molecule has 5 rings (SSSR count). The lowest BCUT2D eigenvalue weighted by atomic mass is 9.71. The fourth-order valence-corrected chi connectivity index (χ4v) is 5.18. The standard InChI is InChI=1S/C27H25N3O2S/c28-22-11-8-20(24-4-3-17-33-24)18-23(22)30-26(31)19-6-9-21(10-7-19)27(12-15-32-16-13-27)25-5-1-2-14-29-25/h1-11,14,17-18H,12-13,15-16,28H2,(H,30,31). The molecular formula is C27H25N3O2S. The molecule has 33 heavy (non-hydrogen) atoms. The van der Waals surface area contributed by atoms with Crippen LogP contribution in [0.5, 0.6) is 0 Å². The maximum Gasteiger partial charge on any atom is 0.255 e. The normalized spacial score (nSPS) is 15.2. The van der Waals surface area contributed by atoms with Crippen LogP contribution in [-0.2, 0) is 10.2 Å². The second-order valence-electron chi connectivity index (χ2n) is 8.22. The molecule has 1 aliphatic heterocycles. The first-order valence-corrected chi connectivity index (χ1v) is 11.9. The Labute approximate surface area is 197 Å². The predicted octanol–water partition coefficient (Wildman–Crippen LogP) is 5.74. The van der Waals surface area contributed by atoms with Gasteiger partial charge in [-0.1, -0.05) is 30.3 Å². The van der Waals surface area contributed by atoms with Gasteiger partial charge in [-0.3, -0.25) is 9.78 Å². The highest BCUT2D eigenvalue weighted by Gasteiger charge is 2.37. The summed E-state index contributed by atoms with van der Waals surface area (Å²) >= 11 is 1.65. The van der Waals surface area contributed by atoms with E-state index in [1.54, 1.807) is 11.3 Å². The minimum atomic E-state index is -0.200. The highest BCUT2D eigenvalue weighted by molar-refractivity contribution is 7.13. The topological polar surface area (TPSA) is 77.2 Å². The van der Waals surface area contributed by atoms with Crippen molar-refractivity contribution in [3.8, 4) is 10.4 Å². The number of hydrogen-bond donors (Lipinski definition) is 2. The number of carbonyl (C=O) groups is 1. The quantitative estimate of drug-likeness (QED) is 0.376. The van der Waals surface area contributed by atoms with Gasteiger partial charge < -0.3 is 15.8 Å². The number of rotatable bonds is 5. The maximum absolute atomic E-state index is 13.0. The fourth-order valence-electron chi connectivity index (χ4n) is 4.45. The number of nitrogens with two attached hydrogens (primary N) is 1. The molecule has 3 N–H and O–H groups in total. The van der Waals surface area contributed by atoms with Gasteiger partial charge in [-0.25, -0.2) is 0 Å². The van der Waals surface area contributed by atoms with Gasteiger partial charge in [0.1, 0.15) is 0 Å². The Hall–Kier alpha value is -3.48. The summed E-state index contributed by atoms with van der Waals surface area (Å²) in [4.78, 5) is 18.8. The Morgan fingerprint density at radius 3 is 2.52 bits per heavy atom. The third kappa shape index (κ3) is 4.27. The van der Waals surface area contributed by atoms with Gasteiger partial charge in [-0.05, 0) is 71.8 Å². The van der Waals surface area contributed by atoms with Crippen molar-refractivity contribution >= 4 is 28.6 Å². The van der Waals surface area contributed by atoms with Crippen molar-refractivity contribution in [2.75, 3.05) is 24.3 Å². The van der Waals surface area contributed by atoms with Crippen molar-refractivity contribution in [3.05, 3.63) is 101 Å². The van der Waals surface area contributed by atoms with E-state index in [1.165, 1.54) is 0 Å². The zero-order valence-corrected chi connectivity index (χ0v) is 19.0. The number of nitrogen functional groups attached to an aromatic ring is 1. The van der Waals surface area contributed by atoms with Crippen LogP contribution in [0.3, 0.4) is 0 Å². The molecule has 2 aromatic heterocycles. The fraction of sp³-hybridized carbons (Fsp3) is 0.185. The number of hydrogen-bond acceptors (Lipinski definition) is 5. The number of ether oxygens (including phenoxy) is 1. The summed E-state index contributed by atoms with van der Waals surface area (Å²) in [5, 5.41) is 5.01. The second-order valence-corrected chi connectivity index (χ2v) is 9.17. The summed E-state index contributed by atoms with van der Waals surface area (Å²) in [6, 6.07) is 23.7. The lowest BCUT2D eigenvalue weighted by Crippen LogP contribution is -2.35. The first-order chi connectivity index (χ1) is 16.2. The van der Waals surface area contributed by atoms with Crippen molar-refractivity contribution in [1.82, 2.24) is 4.98 Å². The molecule has 1 fully saturated rings. The third-order valence-electron chi connectivity index (χ3n) is 6.31. The summed E-state index contributed by atoms with van der Waals surface area (Å²) in [5.74, 6) is -0.185. The predicted molar refractivity (Wildman–Crippen MR) is 134 cm³/mol. The SMILES string of the molecule is Nc1ccc(-c2cccs2)cc1NC(=O)c1ccc(C2(c3ccccn3)CCOCC2)cc1. The Morgan fingerprint density at radius 1 is 1.00 bits per heavy atom. The molecule has 4 aromatic rings. The number of benzene rings is 2. The lowest BCUT2D eigenvalue weighted by Gasteiger charge is -2.37. The number of amides is 1. The molecule has 0 aliphatic carbocycles. The molecule has 5 nitrogen and oxygen atoms in total. The average molecular weight is 456 g/mol. The van der Waals surface area contributed by atoms with Crippen LogP contribution in [0.1, 0.15) is 34.5 Å². The molecule has 0 spiro atoms. The first kappa shape index (κ1) is 21.4. The number of nitrogens with zero attached hydrogens (tertiary/aromatic N) is 1. The molecule has 0 bridgehead atoms. The number of aromatic nitrogens is 1. The molecule has 1 aliphatic rings. The summed E-state index contributed by atoms with van der Waals surface area (Å²) in [6.45, 7) is 1.39. The lowest BCUT2D eigenvalue weighted by molar-refractivity contribution is 0.0618. The van der Waals surface area contributed by atoms with Crippen LogP contribution in [-0.4, -0.2) is 24.1 Å². The van der Waals surface area contributed by atoms with E-state index in [0.717, 1.165) is 34.5 Å². The minimum absolute atomic E-state index is 0.185. The van der Waals surface area contributed by atoms with Crippen LogP contribution in [0.4, 0.5) is 11.4 Å². The molecular weight excluding hydrogens is 430 g/mol. The number of pyridine rings is 1. The molecule has 6 heteroatoms. The Bertz CT molecular complexity index is 1230. The summed E-state index contributed by atoms with van der Waals surface area (Å²) in [5.41, 5.74) is 10.9. The van der Waals surface area contributed by atoms with Crippen LogP contribution < -0.4 is 11.1 Å². The maximum atomic E-state index is 13.0. The van der Waals surface area contributed by atoms with E-state index in [1.807, 2.05) is 78.3 Å². The number of carbonyl (C=O) groups excluding carboxylic acids is 1. The number of anilines is 2. The molecule has 2 aromatic carbocycles. The molecule has 3 heterocycles. The minimum Gasteiger partial charge on any atom is -0.397 e. The van der Waals surface area contributed by atoms with Gasteiger partial charge in [0.25, 0.3) is 5.91 Å². The average Bonchev–Trinajstić information content (AvgIpc) is 3.41. The van der Waals surface area contributed by atoms with Crippen LogP contribution >= 0.6 is 11.3 Å². The molecule has 0 saturated carbocycles. The van der Waals surface area contributed by atoms with Crippen LogP contribution in [0.25, 0.3) is 10.4 Å². The monoisotopic (exact) mass is 455 g/mol. The van der Waals surface area contributed by atoms with Gasteiger partial charge in [-0.15, -0.1) is 11.3 Å². The Kier molecular flexibility index (Phi) is 5.94. The van der Waals surface area contributed by atoms with Crippen LogP contribution in [0.2, 0.25) is 0 Å². The summed E-state index contributed by atoms with van der Waals surface area (Å²) < 4.78 is 5.64. The van der Waals surface area contributed by atoms with Crippen molar-refractivity contribution in [1.29, 1.82) is 0 Å². The second kappa shape index (κ2) is 9.17. The molecule has 166 valence electrons.